The second-order valence-corrected chi connectivity index (χ2v) is 11.1. The summed E-state index contributed by atoms with van der Waals surface area (Å²) >= 11 is 0. The van der Waals surface area contributed by atoms with Crippen molar-refractivity contribution in [2.45, 2.75) is 46.1 Å². The van der Waals surface area contributed by atoms with E-state index in [0.29, 0.717) is 32.7 Å². The van der Waals surface area contributed by atoms with Crippen LogP contribution in [0.5, 0.6) is 0 Å². The fourth-order valence-corrected chi connectivity index (χ4v) is 4.56. The molecule has 0 aromatic rings. The Balaban J connectivity index is 0.0000108. The Morgan fingerprint density at radius 3 is 1.38 bits per heavy atom. The van der Waals surface area contributed by atoms with Crippen LogP contribution in [0.25, 0.3) is 0 Å². The number of carboxylic acids is 3. The third-order valence-electron chi connectivity index (χ3n) is 7.08. The summed E-state index contributed by atoms with van der Waals surface area (Å²) in [5.74, 6) is -4.12. The molecule has 0 saturated carbocycles. The number of aliphatic carboxylic acids is 3. The molecule has 1 aliphatic heterocycles. The van der Waals surface area contributed by atoms with Gasteiger partial charge in [-0.3, -0.25) is 48.4 Å². The lowest BCUT2D eigenvalue weighted by atomic mass is 10.2. The monoisotopic (exact) mass is 690 g/mol. The Kier molecular flexibility index (Phi) is 25.6. The van der Waals surface area contributed by atoms with Gasteiger partial charge in [-0.2, -0.15) is 0 Å². The van der Waals surface area contributed by atoms with E-state index < -0.39 is 23.9 Å². The van der Waals surface area contributed by atoms with E-state index in [0.717, 1.165) is 12.8 Å². The van der Waals surface area contributed by atoms with Crippen molar-refractivity contribution in [1.82, 2.24) is 35.6 Å². The molecule has 1 unspecified atom stereocenters. The Morgan fingerprint density at radius 1 is 0.625 bits per heavy atom. The molecule has 1 saturated heterocycles. The van der Waals surface area contributed by atoms with Gasteiger partial charge in [-0.15, -0.1) is 0 Å². The second kappa shape index (κ2) is 27.5. The molecule has 0 radical (unpaired) electrons. The van der Waals surface area contributed by atoms with Crippen LogP contribution in [-0.2, 0) is 33.5 Å². The highest BCUT2D eigenvalue weighted by molar-refractivity contribution is 5.88. The van der Waals surface area contributed by atoms with Gasteiger partial charge in [-0.1, -0.05) is 27.2 Å². The average Bonchev–Trinajstić information content (AvgIpc) is 3.02. The van der Waals surface area contributed by atoms with Gasteiger partial charge in [0.25, 0.3) is 0 Å². The van der Waals surface area contributed by atoms with E-state index in [1.807, 2.05) is 25.7 Å². The van der Waals surface area contributed by atoms with E-state index >= 15 is 0 Å². The molecule has 0 spiro atoms. The minimum absolute atomic E-state index is 0.00467. The van der Waals surface area contributed by atoms with E-state index in [-0.39, 0.29) is 103 Å². The Hall–Kier alpha value is -3.42. The van der Waals surface area contributed by atoms with E-state index in [1.165, 1.54) is 0 Å². The van der Waals surface area contributed by atoms with Gasteiger partial charge in [0.05, 0.1) is 51.9 Å². The first-order valence-corrected chi connectivity index (χ1v) is 16.6. The number of carboxylic acid groups (broad SMARTS) is 3. The van der Waals surface area contributed by atoms with Gasteiger partial charge >= 0.3 is 17.9 Å². The molecule has 0 bridgehead atoms. The summed E-state index contributed by atoms with van der Waals surface area (Å²) < 4.78 is 5.45. The summed E-state index contributed by atoms with van der Waals surface area (Å²) in [5, 5.41) is 36.0. The number of nitrogens with zero attached hydrogens (tertiary/aromatic N) is 4. The molecular weight excluding hydrogens is 632 g/mol. The second-order valence-electron chi connectivity index (χ2n) is 11.1. The number of nitrogens with one attached hydrogen (secondary N) is 3. The minimum Gasteiger partial charge on any atom is -0.480 e. The molecule has 18 heteroatoms. The van der Waals surface area contributed by atoms with Crippen LogP contribution in [0, 0.1) is 0 Å². The molecule has 0 aromatic heterocycles. The molecule has 278 valence electrons. The van der Waals surface area contributed by atoms with Crippen LogP contribution >= 0.6 is 0 Å². The summed E-state index contributed by atoms with van der Waals surface area (Å²) in [6, 6.07) is -0.931. The van der Waals surface area contributed by atoms with E-state index in [1.54, 1.807) is 14.7 Å². The normalized spacial score (nSPS) is 16.2. The number of hydrogen-bond acceptors (Lipinski definition) is 12. The van der Waals surface area contributed by atoms with Gasteiger partial charge in [0.2, 0.25) is 17.7 Å². The third-order valence-corrected chi connectivity index (χ3v) is 7.08. The van der Waals surface area contributed by atoms with Crippen molar-refractivity contribution < 1.29 is 48.8 Å². The molecule has 18 nitrogen and oxygen atoms in total. The smallest absolute Gasteiger partial charge is 0.317 e. The lowest BCUT2D eigenvalue weighted by molar-refractivity contribution is -0.140. The molecule has 1 heterocycles. The van der Waals surface area contributed by atoms with Crippen LogP contribution in [-0.4, -0.2) is 188 Å². The highest BCUT2D eigenvalue weighted by atomic mass is 16.5. The first kappa shape index (κ1) is 44.6. The molecule has 3 amide bonds. The van der Waals surface area contributed by atoms with Gasteiger partial charge in [0.15, 0.2) is 0 Å². The first-order valence-electron chi connectivity index (χ1n) is 16.6. The van der Waals surface area contributed by atoms with Gasteiger partial charge in [0, 0.05) is 72.0 Å². The molecule has 1 rings (SSSR count). The predicted octanol–water partition coefficient (Wildman–Crippen LogP) is -2.63. The van der Waals surface area contributed by atoms with Crippen LogP contribution < -0.4 is 21.7 Å². The summed E-state index contributed by atoms with van der Waals surface area (Å²) in [6.45, 7) is 9.00. The zero-order chi connectivity index (χ0) is 36.3. The standard InChI is InChI=1S/C28H52N8O10.C2H6/c1-2-3-4-32-28(45)22(29)17-23(37)30-5-15-46-16-6-31-24(38)18-33-7-9-34(19-25(39)40)11-13-36(21-27(43)44)14-12-35(10-8-33)20-26(41)42;1-2/h22H,2-21,29H2,1H3,(H,30,37)(H,31,38)(H,32,45)(H,39,40)(H,41,42)(H,43,44);1-2H3. The maximum atomic E-state index is 12.7. The molecule has 1 aliphatic rings. The average molecular weight is 691 g/mol. The van der Waals surface area contributed by atoms with Crippen molar-refractivity contribution in [3.05, 3.63) is 0 Å². The number of nitrogens with two attached hydrogens (primary N) is 1. The van der Waals surface area contributed by atoms with E-state index in [2.05, 4.69) is 16.0 Å². The van der Waals surface area contributed by atoms with Gasteiger partial charge < -0.3 is 41.7 Å². The van der Waals surface area contributed by atoms with Gasteiger partial charge in [0.1, 0.15) is 0 Å². The van der Waals surface area contributed by atoms with E-state index in [9.17, 15) is 44.1 Å². The molecule has 48 heavy (non-hydrogen) atoms. The summed E-state index contributed by atoms with van der Waals surface area (Å²) in [7, 11) is 0. The van der Waals surface area contributed by atoms with Crippen molar-refractivity contribution >= 4 is 35.6 Å². The molecule has 1 atom stereocenters. The summed E-state index contributed by atoms with van der Waals surface area (Å²) in [4.78, 5) is 77.5. The molecule has 0 aliphatic carbocycles. The Labute approximate surface area is 283 Å². The van der Waals surface area contributed by atoms with Crippen molar-refractivity contribution in [2.75, 3.05) is 111 Å². The highest BCUT2D eigenvalue weighted by Gasteiger charge is 2.21. The van der Waals surface area contributed by atoms with Gasteiger partial charge in [-0.05, 0) is 6.42 Å². The largest absolute Gasteiger partial charge is 0.480 e. The number of carbonyl (C=O) groups is 6. The molecule has 1 fully saturated rings. The Morgan fingerprint density at radius 2 is 1.00 bits per heavy atom. The first-order chi connectivity index (χ1) is 22.9. The van der Waals surface area contributed by atoms with Crippen LogP contribution in [0.15, 0.2) is 0 Å². The number of amides is 3. The summed E-state index contributed by atoms with van der Waals surface area (Å²) in [6.07, 6.45) is 1.62. The number of hydrogen-bond donors (Lipinski definition) is 7. The van der Waals surface area contributed by atoms with Crippen molar-refractivity contribution in [3.8, 4) is 0 Å². The molecule has 8 N–H and O–H groups in total. The molecular formula is C30H58N8O10. The molecule has 0 aromatic carbocycles. The number of carbonyl (C=O) groups excluding carboxylic acids is 3. The quantitative estimate of drug-likeness (QED) is 0.0646. The third kappa shape index (κ3) is 23.8. The summed E-state index contributed by atoms with van der Waals surface area (Å²) in [5.41, 5.74) is 5.76. The van der Waals surface area contributed by atoms with Crippen LogP contribution in [0.3, 0.4) is 0 Å². The van der Waals surface area contributed by atoms with Gasteiger partial charge in [-0.25, -0.2) is 0 Å². The van der Waals surface area contributed by atoms with Crippen molar-refractivity contribution in [1.29, 1.82) is 0 Å². The van der Waals surface area contributed by atoms with Crippen LogP contribution in [0.4, 0.5) is 0 Å². The number of ether oxygens (including phenoxy) is 1. The maximum Gasteiger partial charge on any atom is 0.317 e. The van der Waals surface area contributed by atoms with E-state index in [4.69, 9.17) is 10.5 Å². The maximum absolute atomic E-state index is 12.7. The fourth-order valence-electron chi connectivity index (χ4n) is 4.56. The zero-order valence-electron chi connectivity index (χ0n) is 28.8. The predicted molar refractivity (Wildman–Crippen MR) is 177 cm³/mol. The van der Waals surface area contributed by atoms with Crippen LogP contribution in [0.1, 0.15) is 40.0 Å². The lowest BCUT2D eigenvalue weighted by Gasteiger charge is -2.32. The SMILES string of the molecule is CC.CCCCNC(=O)C(N)CC(=O)NCCOCCNC(=O)CN1CCN(CC(=O)O)CCN(CC(=O)O)CCN(CC(=O)O)CC1. The minimum atomic E-state index is -1.03. The number of rotatable bonds is 20. The number of unbranched alkanes of at least 4 members (excludes halogenated alkanes) is 1. The lowest BCUT2D eigenvalue weighted by Crippen LogP contribution is -2.50. The zero-order valence-corrected chi connectivity index (χ0v) is 28.8. The van der Waals surface area contributed by atoms with Crippen molar-refractivity contribution in [3.63, 3.8) is 0 Å². The van der Waals surface area contributed by atoms with Crippen LogP contribution in [0.2, 0.25) is 0 Å². The Bertz CT molecular complexity index is 942. The van der Waals surface area contributed by atoms with Crippen molar-refractivity contribution in [2.24, 2.45) is 5.73 Å². The topological polar surface area (TPSA) is 247 Å². The fraction of sp³-hybridized carbons (Fsp3) is 0.800. The highest BCUT2D eigenvalue weighted by Crippen LogP contribution is 2.01.